The van der Waals surface area contributed by atoms with Crippen LogP contribution >= 0.6 is 7.60 Å². The summed E-state index contributed by atoms with van der Waals surface area (Å²) in [6.45, 7) is 0.0752. The minimum absolute atomic E-state index is 0.0331. The second-order valence-corrected chi connectivity index (χ2v) is 10.3. The van der Waals surface area contributed by atoms with Gasteiger partial charge in [-0.05, 0) is 40.8 Å². The lowest BCUT2D eigenvalue weighted by Gasteiger charge is -2.22. The number of ether oxygens (including phenoxy) is 2. The first-order valence-electron chi connectivity index (χ1n) is 11.5. The third-order valence-electron chi connectivity index (χ3n) is 5.85. The second-order valence-electron chi connectivity index (χ2n) is 8.64. The molecule has 0 aromatic heterocycles. The fourth-order valence-corrected chi connectivity index (χ4v) is 4.42. The number of aliphatic carboxylic acids is 1. The zero-order valence-corrected chi connectivity index (χ0v) is 20.6. The van der Waals surface area contributed by atoms with Gasteiger partial charge in [-0.1, -0.05) is 60.7 Å². The fourth-order valence-electron chi connectivity index (χ4n) is 3.96. The van der Waals surface area contributed by atoms with Crippen molar-refractivity contribution in [3.63, 3.8) is 0 Å². The number of hydrogen-bond donors (Lipinski definition) is 5. The highest BCUT2D eigenvalue weighted by Gasteiger charge is 2.28. The molecule has 2 atom stereocenters. The van der Waals surface area contributed by atoms with Gasteiger partial charge in [0.1, 0.15) is 6.04 Å². The van der Waals surface area contributed by atoms with Gasteiger partial charge in [0.05, 0.1) is 12.3 Å². The maximum absolute atomic E-state index is 13.1. The summed E-state index contributed by atoms with van der Waals surface area (Å²) in [5.74, 6) is -0.872. The highest BCUT2D eigenvalue weighted by atomic mass is 31.2. The molecule has 0 radical (unpaired) electrons. The SMILES string of the molecule is O=C(O)[C@H](Cc1ccc(-c2ccccc2)cc1)NC(=O)[C@H](Cc1ccc2c(c1)OCO2)NCP(=O)(O)O. The van der Waals surface area contributed by atoms with Crippen LogP contribution in [0.25, 0.3) is 11.1 Å². The molecule has 37 heavy (non-hydrogen) atoms. The lowest BCUT2D eigenvalue weighted by molar-refractivity contribution is -0.142. The monoisotopic (exact) mass is 526 g/mol. The van der Waals surface area contributed by atoms with E-state index in [1.54, 1.807) is 30.3 Å². The fraction of sp³-hybridized carbons (Fsp3) is 0.231. The minimum Gasteiger partial charge on any atom is -0.480 e. The normalized spacial score (nSPS) is 14.1. The van der Waals surface area contributed by atoms with Crippen LogP contribution in [0.3, 0.4) is 0 Å². The first-order chi connectivity index (χ1) is 17.7. The van der Waals surface area contributed by atoms with E-state index in [4.69, 9.17) is 9.47 Å². The van der Waals surface area contributed by atoms with Crippen molar-refractivity contribution in [1.82, 2.24) is 10.6 Å². The van der Waals surface area contributed by atoms with Crippen LogP contribution in [0.5, 0.6) is 11.5 Å². The molecule has 1 amide bonds. The number of carboxylic acids is 1. The molecule has 1 heterocycles. The van der Waals surface area contributed by atoms with Crippen molar-refractivity contribution in [1.29, 1.82) is 0 Å². The van der Waals surface area contributed by atoms with Crippen LogP contribution < -0.4 is 20.1 Å². The number of amides is 1. The van der Waals surface area contributed by atoms with Gasteiger partial charge in [0.2, 0.25) is 12.7 Å². The van der Waals surface area contributed by atoms with Crippen LogP contribution in [0.15, 0.2) is 72.8 Å². The molecule has 0 spiro atoms. The molecule has 0 unspecified atom stereocenters. The zero-order valence-electron chi connectivity index (χ0n) is 19.7. The standard InChI is InChI=1S/C26H27N2O8P/c29-25(21(27-15-37(32,33)34)13-18-8-11-23-24(14-18)36-16-35-23)28-22(26(30)31)12-17-6-9-20(10-7-17)19-4-2-1-3-5-19/h1-11,14,21-22,27H,12-13,15-16H2,(H,28,29)(H,30,31)(H2,32,33,34)/t21-,22-/m0/s1. The molecule has 0 saturated carbocycles. The Balaban J connectivity index is 1.46. The summed E-state index contributed by atoms with van der Waals surface area (Å²) in [5.41, 5.74) is 3.36. The van der Waals surface area contributed by atoms with E-state index in [-0.39, 0.29) is 19.6 Å². The lowest BCUT2D eigenvalue weighted by Crippen LogP contribution is -2.52. The summed E-state index contributed by atoms with van der Waals surface area (Å²) >= 11 is 0. The number of benzene rings is 3. The average Bonchev–Trinajstić information content (AvgIpc) is 3.34. The van der Waals surface area contributed by atoms with Gasteiger partial charge in [0.15, 0.2) is 11.5 Å². The van der Waals surface area contributed by atoms with Gasteiger partial charge < -0.3 is 29.7 Å². The Kier molecular flexibility index (Phi) is 8.25. The summed E-state index contributed by atoms with van der Waals surface area (Å²) in [4.78, 5) is 43.7. The van der Waals surface area contributed by atoms with E-state index in [2.05, 4.69) is 10.6 Å². The van der Waals surface area contributed by atoms with E-state index < -0.39 is 37.8 Å². The van der Waals surface area contributed by atoms with Crippen molar-refractivity contribution in [2.24, 2.45) is 0 Å². The maximum atomic E-state index is 13.1. The van der Waals surface area contributed by atoms with Crippen LogP contribution in [-0.4, -0.2) is 51.9 Å². The van der Waals surface area contributed by atoms with Crippen molar-refractivity contribution in [2.45, 2.75) is 24.9 Å². The largest absolute Gasteiger partial charge is 0.480 e. The van der Waals surface area contributed by atoms with E-state index in [1.165, 1.54) is 0 Å². The van der Waals surface area contributed by atoms with E-state index >= 15 is 0 Å². The molecule has 0 aliphatic carbocycles. The van der Waals surface area contributed by atoms with E-state index in [9.17, 15) is 29.0 Å². The van der Waals surface area contributed by atoms with E-state index in [1.807, 2.05) is 42.5 Å². The Morgan fingerprint density at radius 1 is 0.838 bits per heavy atom. The molecule has 0 saturated heterocycles. The molecule has 0 fully saturated rings. The van der Waals surface area contributed by atoms with Crippen molar-refractivity contribution >= 4 is 19.5 Å². The van der Waals surface area contributed by atoms with Gasteiger partial charge in [-0.3, -0.25) is 14.7 Å². The molecule has 11 heteroatoms. The number of rotatable bonds is 11. The molecule has 5 N–H and O–H groups in total. The predicted molar refractivity (Wildman–Crippen MR) is 135 cm³/mol. The first kappa shape index (κ1) is 26.4. The summed E-state index contributed by atoms with van der Waals surface area (Å²) < 4.78 is 22.1. The smallest absolute Gasteiger partial charge is 0.339 e. The predicted octanol–water partition coefficient (Wildman–Crippen LogP) is 2.53. The van der Waals surface area contributed by atoms with Crippen LogP contribution in [0, 0.1) is 0 Å². The molecule has 10 nitrogen and oxygen atoms in total. The maximum Gasteiger partial charge on any atom is 0.339 e. The van der Waals surface area contributed by atoms with Gasteiger partial charge in [-0.15, -0.1) is 0 Å². The van der Waals surface area contributed by atoms with Crippen molar-refractivity contribution in [2.75, 3.05) is 13.1 Å². The average molecular weight is 526 g/mol. The van der Waals surface area contributed by atoms with Gasteiger partial charge >= 0.3 is 13.6 Å². The number of fused-ring (bicyclic) bond motifs is 1. The second kappa shape index (κ2) is 11.6. The molecule has 3 aromatic rings. The summed E-state index contributed by atoms with van der Waals surface area (Å²) in [6.07, 6.45) is -0.666. The quantitative estimate of drug-likeness (QED) is 0.237. The van der Waals surface area contributed by atoms with Gasteiger partial charge in [0, 0.05) is 6.42 Å². The number of carbonyl (C=O) groups excluding carboxylic acids is 1. The highest BCUT2D eigenvalue weighted by molar-refractivity contribution is 7.51. The van der Waals surface area contributed by atoms with Crippen molar-refractivity contribution < 1.29 is 38.5 Å². The summed E-state index contributed by atoms with van der Waals surface area (Å²) in [7, 11) is -4.47. The zero-order chi connectivity index (χ0) is 26.4. The van der Waals surface area contributed by atoms with Crippen LogP contribution in [-0.2, 0) is 27.0 Å². The van der Waals surface area contributed by atoms with Gasteiger partial charge in [-0.2, -0.15) is 0 Å². The number of nitrogens with one attached hydrogen (secondary N) is 2. The van der Waals surface area contributed by atoms with E-state index in [0.717, 1.165) is 11.1 Å². The Bertz CT molecular complexity index is 1290. The Morgan fingerprint density at radius 3 is 2.14 bits per heavy atom. The molecule has 1 aliphatic heterocycles. The van der Waals surface area contributed by atoms with Crippen LogP contribution in [0.4, 0.5) is 0 Å². The first-order valence-corrected chi connectivity index (χ1v) is 13.3. The van der Waals surface area contributed by atoms with Gasteiger partial charge in [0.25, 0.3) is 0 Å². The molecule has 4 rings (SSSR count). The molecule has 0 bridgehead atoms. The Hall–Kier alpha value is -3.69. The number of hydrogen-bond acceptors (Lipinski definition) is 6. The number of carbonyl (C=O) groups is 2. The molecule has 1 aliphatic rings. The van der Waals surface area contributed by atoms with E-state index in [0.29, 0.717) is 22.6 Å². The summed E-state index contributed by atoms with van der Waals surface area (Å²) in [5, 5.41) is 14.8. The topological polar surface area (TPSA) is 154 Å². The minimum atomic E-state index is -4.47. The third-order valence-corrected chi connectivity index (χ3v) is 6.45. The highest BCUT2D eigenvalue weighted by Crippen LogP contribution is 2.34. The van der Waals surface area contributed by atoms with Crippen molar-refractivity contribution in [3.05, 3.63) is 83.9 Å². The Morgan fingerprint density at radius 2 is 1.46 bits per heavy atom. The number of carboxylic acid groups (broad SMARTS) is 1. The molecule has 3 aromatic carbocycles. The third kappa shape index (κ3) is 7.41. The van der Waals surface area contributed by atoms with Crippen molar-refractivity contribution in [3.8, 4) is 22.6 Å². The van der Waals surface area contributed by atoms with Crippen LogP contribution in [0.2, 0.25) is 0 Å². The molecular weight excluding hydrogens is 499 g/mol. The molecule has 194 valence electrons. The Labute approximate surface area is 213 Å². The van der Waals surface area contributed by atoms with Crippen LogP contribution in [0.1, 0.15) is 11.1 Å². The lowest BCUT2D eigenvalue weighted by atomic mass is 10.00. The molecular formula is C26H27N2O8P. The summed E-state index contributed by atoms with van der Waals surface area (Å²) in [6, 6.07) is 19.8. The van der Waals surface area contributed by atoms with Gasteiger partial charge in [-0.25, -0.2) is 4.79 Å².